The first kappa shape index (κ1) is 18.2. The molecule has 0 amide bonds. The van der Waals surface area contributed by atoms with Crippen molar-refractivity contribution in [1.29, 1.82) is 0 Å². The van der Waals surface area contributed by atoms with Crippen LogP contribution in [0.5, 0.6) is 0 Å². The van der Waals surface area contributed by atoms with Gasteiger partial charge in [-0.25, -0.2) is 13.1 Å². The van der Waals surface area contributed by atoms with Crippen LogP contribution in [0.1, 0.15) is 64.9 Å². The number of aryl methyl sites for hydroxylation is 1. The summed E-state index contributed by atoms with van der Waals surface area (Å²) in [4.78, 5) is 0.366. The molecule has 0 saturated heterocycles. The van der Waals surface area contributed by atoms with Crippen LogP contribution in [0, 0.1) is 0 Å². The minimum atomic E-state index is -3.38. The molecule has 4 heteroatoms. The lowest BCUT2D eigenvalue weighted by molar-refractivity contribution is 0.527. The van der Waals surface area contributed by atoms with Crippen LogP contribution in [-0.4, -0.2) is 14.5 Å². The van der Waals surface area contributed by atoms with Gasteiger partial charge in [0.2, 0.25) is 10.0 Å². The zero-order valence-electron chi connectivity index (χ0n) is 13.6. The van der Waals surface area contributed by atoms with Gasteiger partial charge in [0.1, 0.15) is 0 Å². The molecule has 1 rings (SSSR count). The van der Waals surface area contributed by atoms with E-state index in [-0.39, 0.29) is 6.04 Å². The van der Waals surface area contributed by atoms with E-state index in [9.17, 15) is 8.42 Å². The third kappa shape index (κ3) is 6.62. The van der Waals surface area contributed by atoms with Crippen LogP contribution in [0.25, 0.3) is 0 Å². The maximum Gasteiger partial charge on any atom is 0.240 e. The second kappa shape index (κ2) is 9.21. The zero-order valence-corrected chi connectivity index (χ0v) is 14.4. The molecule has 1 aromatic carbocycles. The molecule has 0 bridgehead atoms. The molecule has 0 aliphatic rings. The van der Waals surface area contributed by atoms with Gasteiger partial charge in [-0.3, -0.25) is 0 Å². The molecule has 0 saturated carbocycles. The monoisotopic (exact) mass is 311 g/mol. The molecule has 0 aliphatic heterocycles. The van der Waals surface area contributed by atoms with Gasteiger partial charge in [0, 0.05) is 6.04 Å². The maximum atomic E-state index is 12.3. The van der Waals surface area contributed by atoms with Crippen molar-refractivity contribution < 1.29 is 8.42 Å². The van der Waals surface area contributed by atoms with Gasteiger partial charge in [-0.05, 0) is 43.9 Å². The van der Waals surface area contributed by atoms with Gasteiger partial charge < -0.3 is 0 Å². The molecule has 0 spiro atoms. The van der Waals surface area contributed by atoms with Gasteiger partial charge in [-0.2, -0.15) is 0 Å². The quantitative estimate of drug-likeness (QED) is 0.656. The molecule has 1 N–H and O–H groups in total. The predicted octanol–water partition coefficient (Wildman–Crippen LogP) is 4.28. The van der Waals surface area contributed by atoms with Crippen LogP contribution in [0.3, 0.4) is 0 Å². The number of sulfonamides is 1. The fraction of sp³-hybridized carbons (Fsp3) is 0.647. The van der Waals surface area contributed by atoms with Crippen molar-refractivity contribution in [1.82, 2.24) is 4.72 Å². The molecule has 0 radical (unpaired) electrons. The van der Waals surface area contributed by atoms with E-state index in [1.165, 1.54) is 5.56 Å². The third-order valence-electron chi connectivity index (χ3n) is 3.65. The van der Waals surface area contributed by atoms with E-state index in [0.29, 0.717) is 4.90 Å². The molecule has 120 valence electrons. The van der Waals surface area contributed by atoms with Crippen LogP contribution >= 0.6 is 0 Å². The van der Waals surface area contributed by atoms with Gasteiger partial charge in [0.15, 0.2) is 0 Å². The largest absolute Gasteiger partial charge is 0.240 e. The summed E-state index contributed by atoms with van der Waals surface area (Å²) in [5, 5.41) is 0. The van der Waals surface area contributed by atoms with Crippen molar-refractivity contribution in [3.63, 3.8) is 0 Å². The second-order valence-corrected chi connectivity index (χ2v) is 7.48. The molecule has 0 aliphatic carbocycles. The second-order valence-electron chi connectivity index (χ2n) is 5.77. The van der Waals surface area contributed by atoms with Crippen molar-refractivity contribution in [2.75, 3.05) is 0 Å². The van der Waals surface area contributed by atoms with Crippen molar-refractivity contribution >= 4 is 10.0 Å². The Hall–Kier alpha value is -0.870. The highest BCUT2D eigenvalue weighted by Gasteiger charge is 2.16. The molecule has 1 atom stereocenters. The van der Waals surface area contributed by atoms with E-state index in [4.69, 9.17) is 0 Å². The van der Waals surface area contributed by atoms with Gasteiger partial charge >= 0.3 is 0 Å². The molecular weight excluding hydrogens is 282 g/mol. The summed E-state index contributed by atoms with van der Waals surface area (Å²) in [6.07, 6.45) is 7.56. The minimum absolute atomic E-state index is 0.0127. The summed E-state index contributed by atoms with van der Waals surface area (Å²) in [7, 11) is -3.38. The van der Waals surface area contributed by atoms with Crippen LogP contribution in [0.2, 0.25) is 0 Å². The van der Waals surface area contributed by atoms with Crippen molar-refractivity contribution in [3.8, 4) is 0 Å². The normalized spacial score (nSPS) is 13.3. The smallest absolute Gasteiger partial charge is 0.208 e. The molecule has 0 aromatic heterocycles. The zero-order chi connectivity index (χ0) is 15.7. The van der Waals surface area contributed by atoms with Gasteiger partial charge in [-0.1, -0.05) is 51.7 Å². The predicted molar refractivity (Wildman–Crippen MR) is 89.0 cm³/mol. The lowest BCUT2D eigenvalue weighted by Gasteiger charge is -2.14. The first-order chi connectivity index (χ1) is 9.99. The lowest BCUT2D eigenvalue weighted by Crippen LogP contribution is -2.32. The Morgan fingerprint density at radius 2 is 1.62 bits per heavy atom. The fourth-order valence-corrected chi connectivity index (χ4v) is 3.59. The van der Waals surface area contributed by atoms with Crippen molar-refractivity contribution in [2.45, 2.75) is 76.7 Å². The van der Waals surface area contributed by atoms with E-state index in [1.54, 1.807) is 12.1 Å². The summed E-state index contributed by atoms with van der Waals surface area (Å²) < 4.78 is 27.3. The number of nitrogens with one attached hydrogen (secondary N) is 1. The molecule has 21 heavy (non-hydrogen) atoms. The summed E-state index contributed by atoms with van der Waals surface area (Å²) in [6.45, 7) is 6.24. The average Bonchev–Trinajstić information content (AvgIpc) is 2.45. The number of unbranched alkanes of at least 4 members (excludes halogenated alkanes) is 3. The van der Waals surface area contributed by atoms with E-state index < -0.39 is 10.0 Å². The Kier molecular flexibility index (Phi) is 7.97. The standard InChI is InChI=1S/C17H29NO2S/c1-4-6-8-9-15(3)18-21(19,20)17-13-11-16(12-14-17)10-7-5-2/h11-15,18H,4-10H2,1-3H3. The molecule has 1 aromatic rings. The van der Waals surface area contributed by atoms with Crippen LogP contribution in [0.15, 0.2) is 29.2 Å². The number of benzene rings is 1. The SMILES string of the molecule is CCCCCC(C)NS(=O)(=O)c1ccc(CCCC)cc1. The van der Waals surface area contributed by atoms with E-state index in [2.05, 4.69) is 18.6 Å². The Morgan fingerprint density at radius 3 is 2.19 bits per heavy atom. The summed E-state index contributed by atoms with van der Waals surface area (Å²) in [6, 6.07) is 7.26. The lowest BCUT2D eigenvalue weighted by atomic mass is 10.1. The molecule has 3 nitrogen and oxygen atoms in total. The van der Waals surface area contributed by atoms with Gasteiger partial charge in [-0.15, -0.1) is 0 Å². The van der Waals surface area contributed by atoms with Crippen LogP contribution in [-0.2, 0) is 16.4 Å². The van der Waals surface area contributed by atoms with Crippen LogP contribution in [0.4, 0.5) is 0 Å². The van der Waals surface area contributed by atoms with Crippen molar-refractivity contribution in [2.24, 2.45) is 0 Å². The summed E-state index contributed by atoms with van der Waals surface area (Å²) >= 11 is 0. The highest BCUT2D eigenvalue weighted by molar-refractivity contribution is 7.89. The molecule has 0 fully saturated rings. The fourth-order valence-electron chi connectivity index (χ4n) is 2.31. The Morgan fingerprint density at radius 1 is 1.00 bits per heavy atom. The van der Waals surface area contributed by atoms with E-state index >= 15 is 0 Å². The van der Waals surface area contributed by atoms with Crippen molar-refractivity contribution in [3.05, 3.63) is 29.8 Å². The number of hydrogen-bond donors (Lipinski definition) is 1. The minimum Gasteiger partial charge on any atom is -0.208 e. The molecular formula is C17H29NO2S. The highest BCUT2D eigenvalue weighted by atomic mass is 32.2. The van der Waals surface area contributed by atoms with E-state index in [0.717, 1.165) is 44.9 Å². The molecule has 1 unspecified atom stereocenters. The Bertz CT molecular complexity index is 494. The Labute approximate surface area is 130 Å². The summed E-state index contributed by atoms with van der Waals surface area (Å²) in [5.74, 6) is 0. The van der Waals surface area contributed by atoms with Gasteiger partial charge in [0.05, 0.1) is 4.90 Å². The van der Waals surface area contributed by atoms with Crippen LogP contribution < -0.4 is 4.72 Å². The highest BCUT2D eigenvalue weighted by Crippen LogP contribution is 2.14. The number of hydrogen-bond acceptors (Lipinski definition) is 2. The Balaban J connectivity index is 2.61. The third-order valence-corrected chi connectivity index (χ3v) is 5.26. The topological polar surface area (TPSA) is 46.2 Å². The maximum absolute atomic E-state index is 12.3. The summed E-state index contributed by atoms with van der Waals surface area (Å²) in [5.41, 5.74) is 1.20. The van der Waals surface area contributed by atoms with Gasteiger partial charge in [0.25, 0.3) is 0 Å². The first-order valence-corrected chi connectivity index (χ1v) is 9.59. The van der Waals surface area contributed by atoms with E-state index in [1.807, 2.05) is 19.1 Å². The molecule has 0 heterocycles. The average molecular weight is 311 g/mol. The number of rotatable bonds is 10. The first-order valence-electron chi connectivity index (χ1n) is 8.10.